The minimum absolute atomic E-state index is 0.0730. The molecule has 0 heterocycles. The lowest BCUT2D eigenvalue weighted by atomic mass is 10.2. The van der Waals surface area contributed by atoms with Crippen molar-refractivity contribution in [3.8, 4) is 6.07 Å². The second kappa shape index (κ2) is 9.16. The molecule has 2 aromatic carbocycles. The molecule has 10 heteroatoms. The summed E-state index contributed by atoms with van der Waals surface area (Å²) in [6, 6.07) is 11.6. The molecule has 0 saturated carbocycles. The molecule has 0 aliphatic carbocycles. The number of hydrogen-bond donors (Lipinski definition) is 2. The number of amides is 1. The number of benzene rings is 2. The molecule has 2 aromatic rings. The first-order chi connectivity index (χ1) is 13.3. The quantitative estimate of drug-likeness (QED) is 0.249. The Hall–Kier alpha value is -3.90. The number of carbonyl (C=O) groups excluding carboxylic acids is 2. The molecule has 0 saturated heterocycles. The monoisotopic (exact) mass is 400 g/mol. The fourth-order valence-electron chi connectivity index (χ4n) is 2.05. The highest BCUT2D eigenvalue weighted by Crippen LogP contribution is 2.27. The number of rotatable bonds is 6. The van der Waals surface area contributed by atoms with Crippen molar-refractivity contribution >= 4 is 40.5 Å². The summed E-state index contributed by atoms with van der Waals surface area (Å²) >= 11 is 5.72. The van der Waals surface area contributed by atoms with E-state index in [1.807, 2.05) is 0 Å². The summed E-state index contributed by atoms with van der Waals surface area (Å²) in [6.07, 6.45) is 1.17. The number of nitro groups is 1. The van der Waals surface area contributed by atoms with E-state index in [1.165, 1.54) is 37.6 Å². The van der Waals surface area contributed by atoms with Crippen LogP contribution in [0.25, 0.3) is 0 Å². The van der Waals surface area contributed by atoms with Gasteiger partial charge in [-0.15, -0.1) is 0 Å². The Morgan fingerprint density at radius 1 is 1.21 bits per heavy atom. The van der Waals surface area contributed by atoms with Crippen molar-refractivity contribution in [3.05, 3.63) is 74.9 Å². The summed E-state index contributed by atoms with van der Waals surface area (Å²) in [5.74, 6) is -1.26. The van der Waals surface area contributed by atoms with Gasteiger partial charge in [0.2, 0.25) is 0 Å². The Morgan fingerprint density at radius 3 is 2.43 bits per heavy atom. The Kier molecular flexibility index (Phi) is 6.68. The zero-order chi connectivity index (χ0) is 20.7. The first-order valence-corrected chi connectivity index (χ1v) is 8.04. The molecule has 142 valence electrons. The van der Waals surface area contributed by atoms with Crippen molar-refractivity contribution in [1.29, 1.82) is 5.26 Å². The minimum Gasteiger partial charge on any atom is -0.465 e. The smallest absolute Gasteiger partial charge is 0.337 e. The van der Waals surface area contributed by atoms with Crippen molar-refractivity contribution in [2.45, 2.75) is 0 Å². The van der Waals surface area contributed by atoms with Gasteiger partial charge >= 0.3 is 5.97 Å². The molecular formula is C18H13ClN4O5. The van der Waals surface area contributed by atoms with E-state index >= 15 is 0 Å². The Balaban J connectivity index is 2.11. The summed E-state index contributed by atoms with van der Waals surface area (Å²) < 4.78 is 4.59. The lowest BCUT2D eigenvalue weighted by Crippen LogP contribution is -2.14. The fourth-order valence-corrected chi connectivity index (χ4v) is 2.24. The molecule has 0 bridgehead atoms. The zero-order valence-corrected chi connectivity index (χ0v) is 15.2. The number of nitriles is 1. The Bertz CT molecular complexity index is 996. The molecule has 0 unspecified atom stereocenters. The fraction of sp³-hybridized carbons (Fsp3) is 0.0556. The molecule has 1 amide bonds. The number of nitrogens with one attached hydrogen (secondary N) is 2. The average Bonchev–Trinajstić information content (AvgIpc) is 2.69. The standard InChI is InChI=1S/C18H13ClN4O5/c1-28-18(25)11-2-4-13(5-3-11)21-10-12(9-20)17(24)22-14-6-7-15(19)16(8-14)23(26)27/h2-8,10,21H,1H3,(H,22,24)/b12-10-. The van der Waals surface area contributed by atoms with E-state index in [1.54, 1.807) is 18.2 Å². The molecule has 9 nitrogen and oxygen atoms in total. The van der Waals surface area contributed by atoms with Crippen LogP contribution in [-0.2, 0) is 9.53 Å². The molecule has 0 aliphatic rings. The van der Waals surface area contributed by atoms with E-state index in [9.17, 15) is 25.0 Å². The van der Waals surface area contributed by atoms with Gasteiger partial charge in [-0.3, -0.25) is 14.9 Å². The third kappa shape index (κ3) is 5.06. The minimum atomic E-state index is -0.766. The highest BCUT2D eigenvalue weighted by molar-refractivity contribution is 6.32. The first-order valence-electron chi connectivity index (χ1n) is 7.66. The lowest BCUT2D eigenvalue weighted by Gasteiger charge is -2.06. The van der Waals surface area contributed by atoms with Gasteiger partial charge in [-0.1, -0.05) is 11.6 Å². The van der Waals surface area contributed by atoms with Crippen LogP contribution in [0.3, 0.4) is 0 Å². The maximum absolute atomic E-state index is 12.2. The number of methoxy groups -OCH3 is 1. The summed E-state index contributed by atoms with van der Waals surface area (Å²) in [4.78, 5) is 33.8. The molecule has 2 N–H and O–H groups in total. The molecule has 0 fully saturated rings. The van der Waals surface area contributed by atoms with Gasteiger partial charge in [0.15, 0.2) is 0 Å². The summed E-state index contributed by atoms with van der Waals surface area (Å²) in [6.45, 7) is 0. The summed E-state index contributed by atoms with van der Waals surface area (Å²) in [5.41, 5.74) is 0.347. The van der Waals surface area contributed by atoms with Crippen LogP contribution < -0.4 is 10.6 Å². The second-order valence-corrected chi connectivity index (χ2v) is 5.67. The predicted octanol–water partition coefficient (Wildman–Crippen LogP) is 3.49. The molecule has 2 rings (SSSR count). The van der Waals surface area contributed by atoms with E-state index in [2.05, 4.69) is 15.4 Å². The van der Waals surface area contributed by atoms with Gasteiger partial charge in [-0.25, -0.2) is 4.79 Å². The largest absolute Gasteiger partial charge is 0.465 e. The van der Waals surface area contributed by atoms with Gasteiger partial charge in [0.05, 0.1) is 17.6 Å². The molecule has 0 aliphatic heterocycles. The van der Waals surface area contributed by atoms with Crippen molar-refractivity contribution in [2.24, 2.45) is 0 Å². The molecule has 28 heavy (non-hydrogen) atoms. The van der Waals surface area contributed by atoms with Gasteiger partial charge in [0, 0.05) is 23.6 Å². The number of carbonyl (C=O) groups is 2. The number of hydrogen-bond acceptors (Lipinski definition) is 7. The molecule has 0 radical (unpaired) electrons. The van der Waals surface area contributed by atoms with Crippen LogP contribution in [0.2, 0.25) is 5.02 Å². The maximum atomic E-state index is 12.2. The Labute approximate surface area is 164 Å². The van der Waals surface area contributed by atoms with Gasteiger partial charge < -0.3 is 15.4 Å². The summed E-state index contributed by atoms with van der Waals surface area (Å²) in [7, 11) is 1.27. The highest BCUT2D eigenvalue weighted by atomic mass is 35.5. The zero-order valence-electron chi connectivity index (χ0n) is 14.4. The SMILES string of the molecule is COC(=O)c1ccc(N/C=C(/C#N)C(=O)Nc2ccc(Cl)c([N+](=O)[O-])c2)cc1. The number of halogens is 1. The van der Waals surface area contributed by atoms with E-state index in [0.29, 0.717) is 11.3 Å². The maximum Gasteiger partial charge on any atom is 0.337 e. The van der Waals surface area contributed by atoms with Crippen LogP contribution in [0.5, 0.6) is 0 Å². The van der Waals surface area contributed by atoms with E-state index < -0.39 is 16.8 Å². The van der Waals surface area contributed by atoms with Crippen LogP contribution in [0.1, 0.15) is 10.4 Å². The predicted molar refractivity (Wildman–Crippen MR) is 102 cm³/mol. The van der Waals surface area contributed by atoms with Crippen molar-refractivity contribution in [1.82, 2.24) is 0 Å². The van der Waals surface area contributed by atoms with Crippen LogP contribution in [0.4, 0.5) is 17.1 Å². The van der Waals surface area contributed by atoms with E-state index in [4.69, 9.17) is 11.6 Å². The number of anilines is 2. The van der Waals surface area contributed by atoms with Crippen LogP contribution >= 0.6 is 11.6 Å². The van der Waals surface area contributed by atoms with Crippen LogP contribution in [0.15, 0.2) is 54.2 Å². The first kappa shape index (κ1) is 20.4. The average molecular weight is 401 g/mol. The molecule has 0 spiro atoms. The second-order valence-electron chi connectivity index (χ2n) is 5.26. The van der Waals surface area contributed by atoms with Crippen LogP contribution in [-0.4, -0.2) is 23.9 Å². The van der Waals surface area contributed by atoms with Crippen molar-refractivity contribution < 1.29 is 19.2 Å². The van der Waals surface area contributed by atoms with Crippen LogP contribution in [0, 0.1) is 21.4 Å². The normalized spacial score (nSPS) is 10.5. The summed E-state index contributed by atoms with van der Waals surface area (Å²) in [5, 5.41) is 25.2. The van der Waals surface area contributed by atoms with Crippen molar-refractivity contribution in [3.63, 3.8) is 0 Å². The topological polar surface area (TPSA) is 134 Å². The number of ether oxygens (including phenoxy) is 1. The van der Waals surface area contributed by atoms with Gasteiger partial charge in [0.25, 0.3) is 11.6 Å². The third-order valence-electron chi connectivity index (χ3n) is 3.45. The van der Waals surface area contributed by atoms with E-state index in [-0.39, 0.29) is 22.0 Å². The van der Waals surface area contributed by atoms with Gasteiger partial charge in [-0.2, -0.15) is 5.26 Å². The number of nitrogens with zero attached hydrogens (tertiary/aromatic N) is 2. The lowest BCUT2D eigenvalue weighted by molar-refractivity contribution is -0.384. The third-order valence-corrected chi connectivity index (χ3v) is 3.77. The molecule has 0 aromatic heterocycles. The van der Waals surface area contributed by atoms with Gasteiger partial charge in [0.1, 0.15) is 16.7 Å². The van der Waals surface area contributed by atoms with Crippen molar-refractivity contribution in [2.75, 3.05) is 17.7 Å². The number of nitro benzene ring substituents is 1. The molecular weight excluding hydrogens is 388 g/mol. The van der Waals surface area contributed by atoms with E-state index in [0.717, 1.165) is 6.07 Å². The highest BCUT2D eigenvalue weighted by Gasteiger charge is 2.15. The Morgan fingerprint density at radius 2 is 1.86 bits per heavy atom. The molecule has 0 atom stereocenters. The number of esters is 1. The van der Waals surface area contributed by atoms with Gasteiger partial charge in [-0.05, 0) is 36.4 Å².